The Morgan fingerprint density at radius 2 is 1.82 bits per heavy atom. The van der Waals surface area contributed by atoms with Crippen molar-refractivity contribution in [1.29, 1.82) is 0 Å². The van der Waals surface area contributed by atoms with Gasteiger partial charge in [0.1, 0.15) is 29.5 Å². The number of morpholine rings is 1. The van der Waals surface area contributed by atoms with Gasteiger partial charge in [-0.15, -0.1) is 0 Å². The van der Waals surface area contributed by atoms with E-state index in [9.17, 15) is 4.79 Å². The predicted octanol–water partition coefficient (Wildman–Crippen LogP) is 5.51. The third-order valence-corrected chi connectivity index (χ3v) is 7.22. The van der Waals surface area contributed by atoms with Gasteiger partial charge < -0.3 is 20.1 Å². The van der Waals surface area contributed by atoms with Crippen molar-refractivity contribution in [1.82, 2.24) is 19.9 Å². The second kappa shape index (κ2) is 14.4. The third kappa shape index (κ3) is 8.25. The lowest BCUT2D eigenvalue weighted by Gasteiger charge is -2.26. The number of rotatable bonds is 12. The number of ether oxygens (including phenoxy) is 2. The van der Waals surface area contributed by atoms with Crippen LogP contribution in [0.1, 0.15) is 6.42 Å². The molecular formula is C30H32N6O3S. The minimum absolute atomic E-state index is 0.221. The van der Waals surface area contributed by atoms with Gasteiger partial charge in [0.15, 0.2) is 0 Å². The van der Waals surface area contributed by atoms with Crippen LogP contribution in [0.25, 0.3) is 10.9 Å². The second-order valence-corrected chi connectivity index (χ2v) is 10.3. The van der Waals surface area contributed by atoms with Crippen LogP contribution in [0, 0.1) is 0 Å². The molecule has 1 saturated heterocycles. The first-order valence-corrected chi connectivity index (χ1v) is 14.4. The number of carbonyl (C=O) groups excluding carboxylic acids is 1. The van der Waals surface area contributed by atoms with E-state index in [0.29, 0.717) is 17.2 Å². The SMILES string of the molecule is O=C(C=CCSCCCN1CCOCC1)Nc1cc2c(Nc3ccc(Oc4ccccc4)cc3)ncnc2cn1. The molecule has 3 heterocycles. The molecule has 9 nitrogen and oxygen atoms in total. The molecule has 2 N–H and O–H groups in total. The van der Waals surface area contributed by atoms with Gasteiger partial charge in [0.05, 0.1) is 24.9 Å². The summed E-state index contributed by atoms with van der Waals surface area (Å²) in [6.45, 7) is 4.81. The average molecular weight is 557 g/mol. The number of amides is 1. The van der Waals surface area contributed by atoms with E-state index in [2.05, 4.69) is 30.5 Å². The predicted molar refractivity (Wildman–Crippen MR) is 161 cm³/mol. The Hall–Kier alpha value is -3.99. The van der Waals surface area contributed by atoms with E-state index >= 15 is 0 Å². The number of hydrogen-bond donors (Lipinski definition) is 2. The summed E-state index contributed by atoms with van der Waals surface area (Å²) in [5, 5.41) is 6.91. The summed E-state index contributed by atoms with van der Waals surface area (Å²) in [6.07, 6.45) is 7.69. The van der Waals surface area contributed by atoms with Crippen LogP contribution in [0.5, 0.6) is 11.5 Å². The van der Waals surface area contributed by atoms with Gasteiger partial charge in [0.25, 0.3) is 0 Å². The highest BCUT2D eigenvalue weighted by atomic mass is 32.2. The Balaban J connectivity index is 1.12. The first-order valence-electron chi connectivity index (χ1n) is 13.3. The van der Waals surface area contributed by atoms with Crippen molar-refractivity contribution in [2.24, 2.45) is 0 Å². The molecule has 0 unspecified atom stereocenters. The third-order valence-electron chi connectivity index (χ3n) is 6.22. The van der Waals surface area contributed by atoms with Crippen molar-refractivity contribution >= 4 is 45.9 Å². The van der Waals surface area contributed by atoms with E-state index in [-0.39, 0.29) is 5.91 Å². The van der Waals surface area contributed by atoms with Gasteiger partial charge in [0, 0.05) is 36.0 Å². The highest BCUT2D eigenvalue weighted by molar-refractivity contribution is 7.99. The van der Waals surface area contributed by atoms with E-state index in [4.69, 9.17) is 9.47 Å². The Kier molecular flexibility index (Phi) is 9.93. The van der Waals surface area contributed by atoms with Gasteiger partial charge >= 0.3 is 0 Å². The number of pyridine rings is 1. The summed E-state index contributed by atoms with van der Waals surface area (Å²) in [4.78, 5) is 28.0. The Bertz CT molecular complexity index is 1410. The van der Waals surface area contributed by atoms with Crippen LogP contribution >= 0.6 is 11.8 Å². The zero-order valence-electron chi connectivity index (χ0n) is 22.2. The molecule has 1 fully saturated rings. The fourth-order valence-electron chi connectivity index (χ4n) is 4.18. The van der Waals surface area contributed by atoms with Crippen molar-refractivity contribution in [2.75, 3.05) is 55.0 Å². The molecule has 2 aromatic heterocycles. The molecule has 0 atom stereocenters. The molecule has 0 saturated carbocycles. The molecule has 0 spiro atoms. The number of thioether (sulfide) groups is 1. The summed E-state index contributed by atoms with van der Waals surface area (Å²) in [5.41, 5.74) is 1.51. The highest BCUT2D eigenvalue weighted by Gasteiger charge is 2.10. The van der Waals surface area contributed by atoms with Crippen LogP contribution < -0.4 is 15.4 Å². The summed E-state index contributed by atoms with van der Waals surface area (Å²) in [7, 11) is 0. The van der Waals surface area contributed by atoms with Crippen molar-refractivity contribution in [3.63, 3.8) is 0 Å². The maximum Gasteiger partial charge on any atom is 0.249 e. The lowest BCUT2D eigenvalue weighted by atomic mass is 10.2. The minimum atomic E-state index is -0.221. The molecule has 10 heteroatoms. The topological polar surface area (TPSA) is 102 Å². The molecule has 0 radical (unpaired) electrons. The van der Waals surface area contributed by atoms with Gasteiger partial charge in [-0.25, -0.2) is 15.0 Å². The van der Waals surface area contributed by atoms with Crippen molar-refractivity contribution < 1.29 is 14.3 Å². The number of fused-ring (bicyclic) bond motifs is 1. The largest absolute Gasteiger partial charge is 0.457 e. The Morgan fingerprint density at radius 1 is 1.02 bits per heavy atom. The van der Waals surface area contributed by atoms with Gasteiger partial charge in [0.2, 0.25) is 5.91 Å². The highest BCUT2D eigenvalue weighted by Crippen LogP contribution is 2.27. The number of carbonyl (C=O) groups is 1. The van der Waals surface area contributed by atoms with Crippen molar-refractivity contribution in [3.05, 3.63) is 85.3 Å². The molecule has 4 aromatic rings. The fourth-order valence-corrected chi connectivity index (χ4v) is 4.92. The first kappa shape index (κ1) is 27.6. The Labute approximate surface area is 238 Å². The molecule has 1 aliphatic rings. The van der Waals surface area contributed by atoms with Gasteiger partial charge in [-0.1, -0.05) is 24.3 Å². The molecule has 0 bridgehead atoms. The monoisotopic (exact) mass is 556 g/mol. The number of para-hydroxylation sites is 1. The van der Waals surface area contributed by atoms with Gasteiger partial charge in [-0.2, -0.15) is 11.8 Å². The number of benzene rings is 2. The van der Waals surface area contributed by atoms with E-state index in [1.807, 2.05) is 72.4 Å². The number of aromatic nitrogens is 3. The van der Waals surface area contributed by atoms with E-state index in [0.717, 1.165) is 73.3 Å². The lowest BCUT2D eigenvalue weighted by molar-refractivity contribution is -0.111. The maximum atomic E-state index is 12.5. The molecule has 2 aromatic carbocycles. The smallest absolute Gasteiger partial charge is 0.249 e. The van der Waals surface area contributed by atoms with E-state index < -0.39 is 0 Å². The molecule has 206 valence electrons. The molecule has 1 amide bonds. The lowest BCUT2D eigenvalue weighted by Crippen LogP contribution is -2.36. The zero-order chi connectivity index (χ0) is 27.4. The second-order valence-electron chi connectivity index (χ2n) is 9.15. The summed E-state index contributed by atoms with van der Waals surface area (Å²) >= 11 is 1.82. The van der Waals surface area contributed by atoms with Crippen LogP contribution in [0.2, 0.25) is 0 Å². The molecule has 40 heavy (non-hydrogen) atoms. The average Bonchev–Trinajstić information content (AvgIpc) is 2.99. The van der Waals surface area contributed by atoms with Crippen LogP contribution in [0.3, 0.4) is 0 Å². The van der Waals surface area contributed by atoms with E-state index in [1.54, 1.807) is 18.3 Å². The first-order chi connectivity index (χ1) is 19.7. The molecular weight excluding hydrogens is 524 g/mol. The van der Waals surface area contributed by atoms with Crippen LogP contribution in [0.4, 0.5) is 17.3 Å². The minimum Gasteiger partial charge on any atom is -0.457 e. The number of hydrogen-bond acceptors (Lipinski definition) is 9. The number of nitrogens with one attached hydrogen (secondary N) is 2. The van der Waals surface area contributed by atoms with Crippen molar-refractivity contribution in [2.45, 2.75) is 6.42 Å². The fraction of sp³-hybridized carbons (Fsp3) is 0.267. The quantitative estimate of drug-likeness (QED) is 0.173. The molecule has 1 aliphatic heterocycles. The van der Waals surface area contributed by atoms with Crippen LogP contribution in [0.15, 0.2) is 85.3 Å². The molecule has 0 aliphatic carbocycles. The number of anilines is 3. The summed E-state index contributed by atoms with van der Waals surface area (Å²) in [5.74, 6) is 4.19. The maximum absolute atomic E-state index is 12.5. The normalized spacial score (nSPS) is 13.9. The molecule has 5 rings (SSSR count). The van der Waals surface area contributed by atoms with Gasteiger partial charge in [-0.3, -0.25) is 9.69 Å². The summed E-state index contributed by atoms with van der Waals surface area (Å²) in [6, 6.07) is 19.0. The van der Waals surface area contributed by atoms with Crippen molar-refractivity contribution in [3.8, 4) is 11.5 Å². The van der Waals surface area contributed by atoms with Crippen LogP contribution in [-0.2, 0) is 9.53 Å². The Morgan fingerprint density at radius 3 is 2.65 bits per heavy atom. The summed E-state index contributed by atoms with van der Waals surface area (Å²) < 4.78 is 11.2. The number of nitrogens with zero attached hydrogens (tertiary/aromatic N) is 4. The van der Waals surface area contributed by atoms with Gasteiger partial charge in [-0.05, 0) is 61.2 Å². The van der Waals surface area contributed by atoms with E-state index in [1.165, 1.54) is 6.33 Å². The van der Waals surface area contributed by atoms with Crippen LogP contribution in [-0.4, -0.2) is 70.1 Å². The zero-order valence-corrected chi connectivity index (χ0v) is 23.0. The standard InChI is InChI=1S/C30H32N6O3S/c37-29(8-4-18-40-19-5-13-36-14-16-38-17-15-36)35-28-20-26-27(21-31-28)32-22-33-30(26)34-23-9-11-25(12-10-23)39-24-6-2-1-3-7-24/h1-4,6-12,20-22H,5,13-19H2,(H,31,35,37)(H,32,33,34).